The predicted octanol–water partition coefficient (Wildman–Crippen LogP) is 6.50. The van der Waals surface area contributed by atoms with Gasteiger partial charge in [-0.15, -0.1) is 0 Å². The molecule has 0 fully saturated rings. The summed E-state index contributed by atoms with van der Waals surface area (Å²) in [6, 6.07) is 18.0. The number of aliphatic hydroxyl groups excluding tert-OH is 1. The van der Waals surface area contributed by atoms with Gasteiger partial charge in [-0.3, -0.25) is 4.79 Å². The fraction of sp³-hybridized carbons (Fsp3) is 0.500. The largest absolute Gasteiger partial charge is 0.490 e. The molecule has 0 aliphatic heterocycles. The molecular formula is C34H49N3O3. The van der Waals surface area contributed by atoms with Gasteiger partial charge in [0, 0.05) is 24.7 Å². The standard InChI is InChI=1S/C34H49N3O3/c1-7-34(8-2,28-18-19-32(26(6)22-28)40-25-31(38)27-16-13-12-14-17-27)29-23-30(37(11-5)24-29)33(39)35-20-15-21-36(9-3)10-4/h12-14,16-19,22-24,31,38H,7-11,15,20-21,25H2,1-6H3,(H,35,39). The average molecular weight is 548 g/mol. The third kappa shape index (κ3) is 7.35. The number of aromatic nitrogens is 1. The molecule has 0 saturated carbocycles. The maximum Gasteiger partial charge on any atom is 0.267 e. The monoisotopic (exact) mass is 547 g/mol. The lowest BCUT2D eigenvalue weighted by atomic mass is 9.71. The summed E-state index contributed by atoms with van der Waals surface area (Å²) in [6.07, 6.45) is 4.25. The Labute approximate surface area is 241 Å². The molecule has 40 heavy (non-hydrogen) atoms. The van der Waals surface area contributed by atoms with Crippen LogP contribution in [0.1, 0.15) is 92.7 Å². The van der Waals surface area contributed by atoms with E-state index in [1.54, 1.807) is 0 Å². The van der Waals surface area contributed by atoms with E-state index in [1.165, 1.54) is 11.1 Å². The quantitative estimate of drug-likeness (QED) is 0.201. The molecule has 3 rings (SSSR count). The van der Waals surface area contributed by atoms with Gasteiger partial charge in [0.2, 0.25) is 0 Å². The van der Waals surface area contributed by atoms with Crippen molar-refractivity contribution >= 4 is 5.91 Å². The number of carbonyl (C=O) groups excluding carboxylic acids is 1. The summed E-state index contributed by atoms with van der Waals surface area (Å²) in [5.41, 5.74) is 4.76. The van der Waals surface area contributed by atoms with Gasteiger partial charge in [0.25, 0.3) is 5.91 Å². The van der Waals surface area contributed by atoms with E-state index in [1.807, 2.05) is 36.4 Å². The smallest absolute Gasteiger partial charge is 0.267 e. The van der Waals surface area contributed by atoms with Crippen molar-refractivity contribution in [3.05, 3.63) is 88.7 Å². The van der Waals surface area contributed by atoms with Gasteiger partial charge in [-0.2, -0.15) is 0 Å². The van der Waals surface area contributed by atoms with Crippen molar-refractivity contribution < 1.29 is 14.6 Å². The summed E-state index contributed by atoms with van der Waals surface area (Å²) in [5.74, 6) is 0.765. The number of carbonyl (C=O) groups is 1. The highest BCUT2D eigenvalue weighted by molar-refractivity contribution is 5.93. The number of nitrogens with one attached hydrogen (secondary N) is 1. The number of hydrogen-bond acceptors (Lipinski definition) is 4. The molecule has 0 aliphatic rings. The van der Waals surface area contributed by atoms with Crippen molar-refractivity contribution in [2.75, 3.05) is 32.8 Å². The number of ether oxygens (including phenoxy) is 1. The first-order chi connectivity index (χ1) is 19.3. The van der Waals surface area contributed by atoms with Gasteiger partial charge in [0.1, 0.15) is 24.2 Å². The molecule has 1 amide bonds. The minimum absolute atomic E-state index is 0.00865. The lowest BCUT2D eigenvalue weighted by molar-refractivity contribution is 0.0942. The second kappa shape index (κ2) is 15.1. The van der Waals surface area contributed by atoms with Crippen LogP contribution in [0.5, 0.6) is 5.75 Å². The van der Waals surface area contributed by atoms with Crippen LogP contribution in [-0.2, 0) is 12.0 Å². The molecule has 1 heterocycles. The van der Waals surface area contributed by atoms with E-state index in [-0.39, 0.29) is 17.9 Å². The highest BCUT2D eigenvalue weighted by Gasteiger charge is 2.33. The van der Waals surface area contributed by atoms with Crippen molar-refractivity contribution in [1.82, 2.24) is 14.8 Å². The van der Waals surface area contributed by atoms with E-state index >= 15 is 0 Å². The number of hydrogen-bond donors (Lipinski definition) is 2. The average Bonchev–Trinajstić information content (AvgIpc) is 3.43. The van der Waals surface area contributed by atoms with Crippen molar-refractivity contribution in [3.8, 4) is 5.75 Å². The highest BCUT2D eigenvalue weighted by atomic mass is 16.5. The Morgan fingerprint density at radius 3 is 2.30 bits per heavy atom. The van der Waals surface area contributed by atoms with Gasteiger partial charge >= 0.3 is 0 Å². The number of aryl methyl sites for hydroxylation is 2. The van der Waals surface area contributed by atoms with Crippen LogP contribution in [0.3, 0.4) is 0 Å². The van der Waals surface area contributed by atoms with E-state index in [0.29, 0.717) is 6.54 Å². The Morgan fingerprint density at radius 1 is 1.00 bits per heavy atom. The van der Waals surface area contributed by atoms with Crippen LogP contribution in [0.15, 0.2) is 60.8 Å². The zero-order chi connectivity index (χ0) is 29.1. The van der Waals surface area contributed by atoms with Gasteiger partial charge < -0.3 is 24.6 Å². The van der Waals surface area contributed by atoms with Crippen molar-refractivity contribution in [2.24, 2.45) is 0 Å². The van der Waals surface area contributed by atoms with Crippen LogP contribution < -0.4 is 10.1 Å². The van der Waals surface area contributed by atoms with Crippen LogP contribution >= 0.6 is 0 Å². The Bertz CT molecular complexity index is 1200. The molecule has 1 aromatic heterocycles. The second-order valence-corrected chi connectivity index (χ2v) is 10.5. The molecule has 6 heteroatoms. The summed E-state index contributed by atoms with van der Waals surface area (Å²) < 4.78 is 8.11. The van der Waals surface area contributed by atoms with Gasteiger partial charge in [-0.05, 0) is 87.1 Å². The summed E-state index contributed by atoms with van der Waals surface area (Å²) in [4.78, 5) is 15.6. The first-order valence-electron chi connectivity index (χ1n) is 15.0. The Morgan fingerprint density at radius 2 is 1.70 bits per heavy atom. The zero-order valence-electron chi connectivity index (χ0n) is 25.4. The zero-order valence-corrected chi connectivity index (χ0v) is 25.4. The third-order valence-electron chi connectivity index (χ3n) is 8.37. The van der Waals surface area contributed by atoms with Crippen molar-refractivity contribution in [3.63, 3.8) is 0 Å². The van der Waals surface area contributed by atoms with Crippen LogP contribution in [0.2, 0.25) is 0 Å². The van der Waals surface area contributed by atoms with E-state index < -0.39 is 6.10 Å². The number of nitrogens with zero attached hydrogens (tertiary/aromatic N) is 2. The molecule has 1 unspecified atom stereocenters. The number of benzene rings is 2. The maximum absolute atomic E-state index is 13.2. The number of rotatable bonds is 16. The van der Waals surface area contributed by atoms with Crippen LogP contribution in [0.4, 0.5) is 0 Å². The first-order valence-corrected chi connectivity index (χ1v) is 15.0. The minimum atomic E-state index is -0.679. The molecule has 0 aliphatic carbocycles. The van der Waals surface area contributed by atoms with Crippen molar-refractivity contribution in [1.29, 1.82) is 0 Å². The van der Waals surface area contributed by atoms with E-state index in [9.17, 15) is 9.90 Å². The molecule has 218 valence electrons. The highest BCUT2D eigenvalue weighted by Crippen LogP contribution is 2.41. The second-order valence-electron chi connectivity index (χ2n) is 10.5. The summed E-state index contributed by atoms with van der Waals surface area (Å²) in [7, 11) is 0. The lowest BCUT2D eigenvalue weighted by Gasteiger charge is -2.32. The number of amides is 1. The van der Waals surface area contributed by atoms with Gasteiger partial charge in [0.15, 0.2) is 0 Å². The lowest BCUT2D eigenvalue weighted by Crippen LogP contribution is -2.30. The van der Waals surface area contributed by atoms with Crippen LogP contribution in [0, 0.1) is 6.92 Å². The molecule has 2 aromatic carbocycles. The van der Waals surface area contributed by atoms with Crippen LogP contribution in [-0.4, -0.2) is 53.3 Å². The first kappa shape index (κ1) is 31.4. The van der Waals surface area contributed by atoms with Gasteiger partial charge in [0.05, 0.1) is 0 Å². The van der Waals surface area contributed by atoms with Crippen molar-refractivity contribution in [2.45, 2.75) is 78.9 Å². The molecule has 1 atom stereocenters. The van der Waals surface area contributed by atoms with Crippen LogP contribution in [0.25, 0.3) is 0 Å². The molecule has 2 N–H and O–H groups in total. The third-order valence-corrected chi connectivity index (χ3v) is 8.37. The summed E-state index contributed by atoms with van der Waals surface area (Å²) >= 11 is 0. The SMILES string of the molecule is CCN(CC)CCCNC(=O)c1cc(C(CC)(CC)c2ccc(OCC(O)c3ccccc3)c(C)c2)cn1CC. The van der Waals surface area contributed by atoms with E-state index in [4.69, 9.17) is 4.74 Å². The van der Waals surface area contributed by atoms with E-state index in [0.717, 1.165) is 68.0 Å². The normalized spacial score (nSPS) is 12.5. The minimum Gasteiger partial charge on any atom is -0.490 e. The molecule has 0 spiro atoms. The number of aliphatic hydroxyl groups is 1. The Balaban J connectivity index is 1.78. The van der Waals surface area contributed by atoms with Gasteiger partial charge in [-0.25, -0.2) is 0 Å². The Hall–Kier alpha value is -3.09. The molecule has 3 aromatic rings. The van der Waals surface area contributed by atoms with Gasteiger partial charge in [-0.1, -0.05) is 70.2 Å². The fourth-order valence-corrected chi connectivity index (χ4v) is 5.64. The molecule has 0 bridgehead atoms. The van der Waals surface area contributed by atoms with E-state index in [2.05, 4.69) is 80.7 Å². The molecule has 0 saturated heterocycles. The summed E-state index contributed by atoms with van der Waals surface area (Å²) in [5, 5.41) is 13.7. The molecule has 6 nitrogen and oxygen atoms in total. The topological polar surface area (TPSA) is 66.7 Å². The fourth-order valence-electron chi connectivity index (χ4n) is 5.64. The summed E-state index contributed by atoms with van der Waals surface area (Å²) in [6.45, 7) is 17.6. The molecule has 0 radical (unpaired) electrons. The maximum atomic E-state index is 13.2. The predicted molar refractivity (Wildman–Crippen MR) is 164 cm³/mol. The Kier molecular flexibility index (Phi) is 11.8. The molecular weight excluding hydrogens is 498 g/mol.